The number of aliphatic hydroxyl groups excluding tert-OH is 2. The fraction of sp³-hybridized carbons (Fsp3) is 0.595. The highest BCUT2D eigenvalue weighted by Crippen LogP contribution is 2.60. The van der Waals surface area contributed by atoms with Crippen LogP contribution in [-0.2, 0) is 31.1 Å². The first-order valence-electron chi connectivity index (χ1n) is 18.0. The Morgan fingerprint density at radius 2 is 1.88 bits per heavy atom. The van der Waals surface area contributed by atoms with Crippen LogP contribution < -0.4 is 19.9 Å². The van der Waals surface area contributed by atoms with Crippen LogP contribution in [-0.4, -0.2) is 104 Å². The molecule has 6 atom stereocenters. The SMILES string of the molecule is CCOc1ccc2c(c1)CC(NCCCCO)C(=O)N2c1ccc2c(c1)[C@]1(O[C@@H](CC(=O)N3CCC[C@H]3CO)[C@H]([Si](C)(C)O)[C@H]1C)C(=O)N2C. The average Bonchev–Trinajstić information content (AvgIpc) is 3.74. The van der Waals surface area contributed by atoms with E-state index in [-0.39, 0.29) is 43.4 Å². The molecule has 0 aromatic heterocycles. The van der Waals surface area contributed by atoms with Gasteiger partial charge in [0.05, 0.1) is 49.2 Å². The third-order valence-electron chi connectivity index (χ3n) is 11.2. The average molecular weight is 709 g/mol. The van der Waals surface area contributed by atoms with Gasteiger partial charge in [0, 0.05) is 42.9 Å². The van der Waals surface area contributed by atoms with Crippen molar-refractivity contribution in [2.24, 2.45) is 5.92 Å². The Hall–Kier alpha value is -3.33. The van der Waals surface area contributed by atoms with Crippen molar-refractivity contribution >= 4 is 43.1 Å². The largest absolute Gasteiger partial charge is 0.494 e. The van der Waals surface area contributed by atoms with E-state index in [1.54, 1.807) is 21.7 Å². The third-order valence-corrected chi connectivity index (χ3v) is 13.7. The first-order chi connectivity index (χ1) is 23.9. The van der Waals surface area contributed by atoms with Gasteiger partial charge in [-0.05, 0) is 101 Å². The van der Waals surface area contributed by atoms with Crippen LogP contribution in [0.25, 0.3) is 0 Å². The molecule has 4 aliphatic rings. The van der Waals surface area contributed by atoms with Gasteiger partial charge in [-0.25, -0.2) is 0 Å². The van der Waals surface area contributed by atoms with Crippen LogP contribution in [0.15, 0.2) is 36.4 Å². The topological polar surface area (TPSA) is 152 Å². The van der Waals surface area contributed by atoms with E-state index >= 15 is 0 Å². The normalized spacial score (nSPS) is 27.8. The summed E-state index contributed by atoms with van der Waals surface area (Å²) in [5.41, 5.74) is 1.62. The molecule has 0 bridgehead atoms. The molecule has 2 aromatic rings. The number of benzene rings is 2. The predicted molar refractivity (Wildman–Crippen MR) is 192 cm³/mol. The lowest BCUT2D eigenvalue weighted by atomic mass is 9.82. The van der Waals surface area contributed by atoms with Crippen molar-refractivity contribution in [1.29, 1.82) is 0 Å². The van der Waals surface area contributed by atoms with Crippen LogP contribution in [0, 0.1) is 5.92 Å². The summed E-state index contributed by atoms with van der Waals surface area (Å²) >= 11 is 0. The first-order valence-corrected chi connectivity index (χ1v) is 21.1. The number of carbonyl (C=O) groups excluding carboxylic acids is 3. The second-order valence-corrected chi connectivity index (χ2v) is 18.7. The van der Waals surface area contributed by atoms with Gasteiger partial charge in [0.25, 0.3) is 5.91 Å². The highest BCUT2D eigenvalue weighted by molar-refractivity contribution is 6.71. The molecule has 50 heavy (non-hydrogen) atoms. The number of ether oxygens (including phenoxy) is 2. The molecule has 4 heterocycles. The molecule has 2 saturated heterocycles. The molecule has 272 valence electrons. The van der Waals surface area contributed by atoms with Gasteiger partial charge < -0.3 is 39.6 Å². The monoisotopic (exact) mass is 708 g/mol. The van der Waals surface area contributed by atoms with E-state index < -0.39 is 37.5 Å². The second kappa shape index (κ2) is 14.4. The zero-order valence-corrected chi connectivity index (χ0v) is 30.9. The molecular formula is C37H52N4O8Si. The Labute approximate surface area is 295 Å². The maximum atomic E-state index is 14.4. The summed E-state index contributed by atoms with van der Waals surface area (Å²) in [6, 6.07) is 10.5. The lowest BCUT2D eigenvalue weighted by molar-refractivity contribution is -0.149. The summed E-state index contributed by atoms with van der Waals surface area (Å²) in [4.78, 5) is 59.0. The number of carbonyl (C=O) groups is 3. The summed E-state index contributed by atoms with van der Waals surface area (Å²) in [6.45, 7) is 9.14. The number of hydrogen-bond donors (Lipinski definition) is 4. The molecule has 0 radical (unpaired) electrons. The molecule has 1 unspecified atom stereocenters. The number of aliphatic hydroxyl groups is 2. The van der Waals surface area contributed by atoms with E-state index in [2.05, 4.69) is 5.32 Å². The molecule has 12 nitrogen and oxygen atoms in total. The number of anilines is 3. The molecule has 1 spiro atoms. The molecular weight excluding hydrogens is 657 g/mol. The fourth-order valence-electron chi connectivity index (χ4n) is 8.87. The molecule has 3 amide bonds. The lowest BCUT2D eigenvalue weighted by Crippen LogP contribution is -2.49. The molecule has 6 rings (SSSR count). The van der Waals surface area contributed by atoms with Crippen LogP contribution in [0.4, 0.5) is 17.1 Å². The van der Waals surface area contributed by atoms with Gasteiger partial charge in [-0.2, -0.15) is 0 Å². The molecule has 0 aliphatic carbocycles. The summed E-state index contributed by atoms with van der Waals surface area (Å²) in [5.74, 6) is -0.294. The number of fused-ring (bicyclic) bond motifs is 3. The molecule has 13 heteroatoms. The number of nitrogens with one attached hydrogen (secondary N) is 1. The van der Waals surface area contributed by atoms with E-state index in [0.717, 1.165) is 36.3 Å². The zero-order chi connectivity index (χ0) is 36.0. The fourth-order valence-corrected chi connectivity index (χ4v) is 11.4. The number of rotatable bonds is 12. The molecule has 4 aliphatic heterocycles. The van der Waals surface area contributed by atoms with Crippen molar-refractivity contribution in [3.8, 4) is 5.75 Å². The number of unbranched alkanes of at least 4 members (excludes halogenated alkanes) is 1. The number of amides is 3. The van der Waals surface area contributed by atoms with Gasteiger partial charge in [-0.15, -0.1) is 0 Å². The van der Waals surface area contributed by atoms with E-state index in [1.165, 1.54) is 0 Å². The Balaban J connectivity index is 1.40. The first kappa shape index (κ1) is 36.5. The minimum Gasteiger partial charge on any atom is -0.494 e. The minimum atomic E-state index is -3.01. The standard InChI is InChI=1S/C37H52N4O8Si/c1-6-48-27-12-14-30-24(18-27)19-29(38-15-7-8-17-42)35(45)41(30)25-11-13-31-28(20-25)37(36(46)39(31)3)23(2)34(50(4,5)47)32(49-37)21-33(44)40-16-9-10-26(40)22-43/h11-14,18,20,23,26,29,32,34,38,42-43,47H,6-10,15-17,19,21-22H2,1-5H3/t23-,26+,29?,32+,34-,37+/m1/s1. The Kier molecular flexibility index (Phi) is 10.5. The molecule has 0 saturated carbocycles. The van der Waals surface area contributed by atoms with Gasteiger partial charge in [0.15, 0.2) is 13.9 Å². The Morgan fingerprint density at radius 3 is 2.58 bits per heavy atom. The summed E-state index contributed by atoms with van der Waals surface area (Å²) in [5, 5.41) is 22.6. The van der Waals surface area contributed by atoms with E-state index in [0.29, 0.717) is 49.5 Å². The highest BCUT2D eigenvalue weighted by Gasteiger charge is 2.66. The summed E-state index contributed by atoms with van der Waals surface area (Å²) < 4.78 is 12.7. The highest BCUT2D eigenvalue weighted by atomic mass is 28.4. The minimum absolute atomic E-state index is 0.0000459. The van der Waals surface area contributed by atoms with Crippen LogP contribution in [0.3, 0.4) is 0 Å². The van der Waals surface area contributed by atoms with Gasteiger partial charge in [0.2, 0.25) is 11.8 Å². The van der Waals surface area contributed by atoms with Crippen molar-refractivity contribution in [1.82, 2.24) is 10.2 Å². The smallest absolute Gasteiger partial charge is 0.264 e. The number of nitrogens with zero attached hydrogens (tertiary/aromatic N) is 3. The van der Waals surface area contributed by atoms with Gasteiger partial charge in [-0.3, -0.25) is 19.3 Å². The number of likely N-dealkylation sites (N-methyl/N-ethyl adjacent to an activating group) is 1. The number of likely N-dealkylation sites (tertiary alicyclic amines) is 1. The quantitative estimate of drug-likeness (QED) is 0.193. The Morgan fingerprint density at radius 1 is 1.12 bits per heavy atom. The van der Waals surface area contributed by atoms with Gasteiger partial charge in [-0.1, -0.05) is 6.92 Å². The van der Waals surface area contributed by atoms with E-state index in [1.807, 2.05) is 63.3 Å². The molecule has 2 fully saturated rings. The van der Waals surface area contributed by atoms with E-state index in [4.69, 9.17) is 9.47 Å². The van der Waals surface area contributed by atoms with Crippen LogP contribution >= 0.6 is 0 Å². The maximum absolute atomic E-state index is 14.4. The predicted octanol–water partition coefficient (Wildman–Crippen LogP) is 3.18. The Bertz CT molecular complexity index is 1620. The summed E-state index contributed by atoms with van der Waals surface area (Å²) in [7, 11) is -1.30. The van der Waals surface area contributed by atoms with Crippen molar-refractivity contribution in [2.45, 2.75) is 94.8 Å². The van der Waals surface area contributed by atoms with Crippen LogP contribution in [0.1, 0.15) is 57.1 Å². The third kappa shape index (κ3) is 6.26. The number of hydrogen-bond acceptors (Lipinski definition) is 9. The van der Waals surface area contributed by atoms with Gasteiger partial charge >= 0.3 is 0 Å². The van der Waals surface area contributed by atoms with Crippen LogP contribution in [0.2, 0.25) is 18.6 Å². The van der Waals surface area contributed by atoms with Crippen molar-refractivity contribution < 1.29 is 38.9 Å². The van der Waals surface area contributed by atoms with Gasteiger partial charge in [0.1, 0.15) is 5.75 Å². The molecule has 4 N–H and O–H groups in total. The lowest BCUT2D eigenvalue weighted by Gasteiger charge is -2.36. The van der Waals surface area contributed by atoms with Crippen molar-refractivity contribution in [2.75, 3.05) is 49.8 Å². The van der Waals surface area contributed by atoms with Crippen molar-refractivity contribution in [3.05, 3.63) is 47.5 Å². The second-order valence-electron chi connectivity index (χ2n) is 14.7. The zero-order valence-electron chi connectivity index (χ0n) is 29.9. The summed E-state index contributed by atoms with van der Waals surface area (Å²) in [6.07, 6.45) is 2.68. The maximum Gasteiger partial charge on any atom is 0.264 e. The molecule has 2 aromatic carbocycles. The van der Waals surface area contributed by atoms with Crippen LogP contribution in [0.5, 0.6) is 5.75 Å². The van der Waals surface area contributed by atoms with E-state index in [9.17, 15) is 29.4 Å². The van der Waals surface area contributed by atoms with Crippen molar-refractivity contribution in [3.63, 3.8) is 0 Å².